The topological polar surface area (TPSA) is 45.6 Å². The number of amides is 2. The molecule has 1 aromatic heterocycles. The van der Waals surface area contributed by atoms with E-state index in [9.17, 15) is 9.59 Å². The molecule has 0 radical (unpaired) electrons. The average Bonchev–Trinajstić information content (AvgIpc) is 3.15. The highest BCUT2D eigenvalue weighted by Crippen LogP contribution is 2.44. The third kappa shape index (κ3) is 3.91. The molecule has 2 aliphatic rings. The van der Waals surface area contributed by atoms with Crippen molar-refractivity contribution in [2.75, 3.05) is 13.1 Å². The van der Waals surface area contributed by atoms with Crippen LogP contribution in [0.25, 0.3) is 10.9 Å². The van der Waals surface area contributed by atoms with Gasteiger partial charge in [0, 0.05) is 48.4 Å². The molecule has 1 fully saturated rings. The molecular formula is C29H35N3O2. The van der Waals surface area contributed by atoms with Gasteiger partial charge in [-0.15, -0.1) is 0 Å². The SMILES string of the molecule is CC(C)CC(C(=O)N1CCCCCC1)N1C(=O)c2ccccc2C1c1cn(C)c2ccccc12. The van der Waals surface area contributed by atoms with Gasteiger partial charge >= 0.3 is 0 Å². The van der Waals surface area contributed by atoms with E-state index in [1.807, 2.05) is 47.2 Å². The van der Waals surface area contributed by atoms with Crippen molar-refractivity contribution in [3.05, 3.63) is 71.4 Å². The molecule has 178 valence electrons. The maximum Gasteiger partial charge on any atom is 0.255 e. The number of aromatic nitrogens is 1. The van der Waals surface area contributed by atoms with E-state index in [1.54, 1.807) is 0 Å². The minimum Gasteiger partial charge on any atom is -0.350 e. The Kier molecular flexibility index (Phi) is 6.20. The van der Waals surface area contributed by atoms with Gasteiger partial charge in [-0.3, -0.25) is 9.59 Å². The summed E-state index contributed by atoms with van der Waals surface area (Å²) in [7, 11) is 2.05. The number of carbonyl (C=O) groups excluding carboxylic acids is 2. The van der Waals surface area contributed by atoms with Gasteiger partial charge in [-0.25, -0.2) is 0 Å². The Morgan fingerprint density at radius 1 is 0.941 bits per heavy atom. The third-order valence-corrected chi connectivity index (χ3v) is 7.45. The molecule has 2 aliphatic heterocycles. The highest BCUT2D eigenvalue weighted by atomic mass is 16.2. The largest absolute Gasteiger partial charge is 0.350 e. The summed E-state index contributed by atoms with van der Waals surface area (Å²) in [6, 6.07) is 15.5. The van der Waals surface area contributed by atoms with E-state index in [1.165, 1.54) is 12.8 Å². The fourth-order valence-electron chi connectivity index (χ4n) is 5.85. The lowest BCUT2D eigenvalue weighted by atomic mass is 9.95. The molecule has 34 heavy (non-hydrogen) atoms. The van der Waals surface area contributed by atoms with Crippen LogP contribution in [0.15, 0.2) is 54.7 Å². The molecule has 2 unspecified atom stereocenters. The molecule has 5 rings (SSSR count). The number of fused-ring (bicyclic) bond motifs is 2. The smallest absolute Gasteiger partial charge is 0.255 e. The third-order valence-electron chi connectivity index (χ3n) is 7.45. The number of aryl methyl sites for hydroxylation is 1. The predicted octanol–water partition coefficient (Wildman–Crippen LogP) is 5.54. The summed E-state index contributed by atoms with van der Waals surface area (Å²) < 4.78 is 2.13. The average molecular weight is 458 g/mol. The van der Waals surface area contributed by atoms with Crippen molar-refractivity contribution in [2.45, 2.75) is 58.0 Å². The standard InChI is InChI=1S/C29H35N3O2/c1-20(2)18-26(29(34)31-16-10-4-5-11-17-31)32-27(22-13-6-7-14-23(22)28(32)33)24-19-30(3)25-15-9-8-12-21(24)25/h6-9,12-15,19-20,26-27H,4-5,10-11,16-18H2,1-3H3. The van der Waals surface area contributed by atoms with E-state index in [0.29, 0.717) is 12.3 Å². The first-order valence-electron chi connectivity index (χ1n) is 12.7. The Labute approximate surface area is 202 Å². The molecular weight excluding hydrogens is 422 g/mol. The summed E-state index contributed by atoms with van der Waals surface area (Å²) in [5, 5.41) is 1.13. The number of likely N-dealkylation sites (tertiary alicyclic amines) is 1. The van der Waals surface area contributed by atoms with E-state index < -0.39 is 6.04 Å². The van der Waals surface area contributed by atoms with Gasteiger partial charge in [-0.1, -0.05) is 63.1 Å². The monoisotopic (exact) mass is 457 g/mol. The molecule has 0 bridgehead atoms. The molecule has 5 heteroatoms. The first-order chi connectivity index (χ1) is 16.5. The lowest BCUT2D eigenvalue weighted by molar-refractivity contribution is -0.137. The number of carbonyl (C=O) groups is 2. The molecule has 0 saturated carbocycles. The quantitative estimate of drug-likeness (QED) is 0.505. The normalized spacial score (nSPS) is 19.5. The zero-order valence-corrected chi connectivity index (χ0v) is 20.5. The Balaban J connectivity index is 1.64. The van der Waals surface area contributed by atoms with Gasteiger partial charge in [0.25, 0.3) is 5.91 Å². The second-order valence-corrected chi connectivity index (χ2v) is 10.3. The minimum atomic E-state index is -0.470. The van der Waals surface area contributed by atoms with Crippen molar-refractivity contribution >= 4 is 22.7 Å². The molecule has 1 saturated heterocycles. The van der Waals surface area contributed by atoms with Crippen LogP contribution in [-0.4, -0.2) is 45.3 Å². The Bertz CT molecular complexity index is 1200. The Morgan fingerprint density at radius 3 is 2.35 bits per heavy atom. The van der Waals surface area contributed by atoms with Gasteiger partial charge in [0.05, 0.1) is 6.04 Å². The van der Waals surface area contributed by atoms with Crippen molar-refractivity contribution in [3.8, 4) is 0 Å². The number of hydrogen-bond acceptors (Lipinski definition) is 2. The molecule has 2 amide bonds. The maximum atomic E-state index is 14.0. The summed E-state index contributed by atoms with van der Waals surface area (Å²) in [5.74, 6) is 0.384. The maximum absolute atomic E-state index is 14.0. The summed E-state index contributed by atoms with van der Waals surface area (Å²) in [6.45, 7) is 5.87. The molecule has 3 heterocycles. The zero-order valence-electron chi connectivity index (χ0n) is 20.5. The zero-order chi connectivity index (χ0) is 23.8. The second kappa shape index (κ2) is 9.28. The van der Waals surface area contributed by atoms with Gasteiger partial charge in [-0.2, -0.15) is 0 Å². The minimum absolute atomic E-state index is 0.0256. The van der Waals surface area contributed by atoms with Crippen LogP contribution in [0.3, 0.4) is 0 Å². The number of benzene rings is 2. The molecule has 0 spiro atoms. The van der Waals surface area contributed by atoms with Crippen LogP contribution in [0.1, 0.15) is 73.5 Å². The second-order valence-electron chi connectivity index (χ2n) is 10.3. The number of rotatable bonds is 5. The first kappa shape index (κ1) is 22.7. The van der Waals surface area contributed by atoms with Crippen LogP contribution in [0, 0.1) is 5.92 Å². The van der Waals surface area contributed by atoms with E-state index >= 15 is 0 Å². The Morgan fingerprint density at radius 2 is 1.62 bits per heavy atom. The summed E-state index contributed by atoms with van der Waals surface area (Å²) in [4.78, 5) is 31.9. The van der Waals surface area contributed by atoms with Crippen molar-refractivity contribution in [3.63, 3.8) is 0 Å². The predicted molar refractivity (Wildman–Crippen MR) is 136 cm³/mol. The number of hydrogen-bond donors (Lipinski definition) is 0. The van der Waals surface area contributed by atoms with E-state index in [0.717, 1.165) is 53.5 Å². The van der Waals surface area contributed by atoms with E-state index in [2.05, 4.69) is 42.8 Å². The van der Waals surface area contributed by atoms with Gasteiger partial charge in [-0.05, 0) is 42.9 Å². The fraction of sp³-hybridized carbons (Fsp3) is 0.448. The van der Waals surface area contributed by atoms with Gasteiger partial charge in [0.1, 0.15) is 6.04 Å². The molecule has 0 N–H and O–H groups in total. The molecule has 5 nitrogen and oxygen atoms in total. The Hall–Kier alpha value is -3.08. The summed E-state index contributed by atoms with van der Waals surface area (Å²) >= 11 is 0. The lowest BCUT2D eigenvalue weighted by Gasteiger charge is -2.36. The van der Waals surface area contributed by atoms with Crippen LogP contribution in [-0.2, 0) is 11.8 Å². The van der Waals surface area contributed by atoms with Gasteiger partial charge in [0.2, 0.25) is 5.91 Å². The molecule has 2 aromatic carbocycles. The van der Waals surface area contributed by atoms with E-state index in [4.69, 9.17) is 0 Å². The molecule has 2 atom stereocenters. The van der Waals surface area contributed by atoms with Crippen molar-refractivity contribution in [1.82, 2.24) is 14.4 Å². The van der Waals surface area contributed by atoms with Crippen molar-refractivity contribution < 1.29 is 9.59 Å². The number of para-hydroxylation sites is 1. The number of nitrogens with zero attached hydrogens (tertiary/aromatic N) is 3. The van der Waals surface area contributed by atoms with Crippen LogP contribution >= 0.6 is 0 Å². The van der Waals surface area contributed by atoms with Crippen molar-refractivity contribution in [1.29, 1.82) is 0 Å². The molecule has 0 aliphatic carbocycles. The highest BCUT2D eigenvalue weighted by molar-refractivity contribution is 6.03. The summed E-state index contributed by atoms with van der Waals surface area (Å²) in [6.07, 6.45) is 7.23. The van der Waals surface area contributed by atoms with Crippen LogP contribution in [0.5, 0.6) is 0 Å². The van der Waals surface area contributed by atoms with Gasteiger partial charge in [0.15, 0.2) is 0 Å². The van der Waals surface area contributed by atoms with Crippen LogP contribution < -0.4 is 0 Å². The summed E-state index contributed by atoms with van der Waals surface area (Å²) in [5.41, 5.74) is 3.95. The van der Waals surface area contributed by atoms with Gasteiger partial charge < -0.3 is 14.4 Å². The fourth-order valence-corrected chi connectivity index (χ4v) is 5.85. The first-order valence-corrected chi connectivity index (χ1v) is 12.7. The van der Waals surface area contributed by atoms with Crippen LogP contribution in [0.2, 0.25) is 0 Å². The van der Waals surface area contributed by atoms with E-state index in [-0.39, 0.29) is 17.9 Å². The highest BCUT2D eigenvalue weighted by Gasteiger charge is 2.45. The van der Waals surface area contributed by atoms with Crippen LogP contribution in [0.4, 0.5) is 0 Å². The lowest BCUT2D eigenvalue weighted by Crippen LogP contribution is -2.51. The van der Waals surface area contributed by atoms with Crippen molar-refractivity contribution in [2.24, 2.45) is 13.0 Å². The molecule has 3 aromatic rings.